The summed E-state index contributed by atoms with van der Waals surface area (Å²) in [6.45, 7) is 18.3. The second-order valence-electron chi connectivity index (χ2n) is 13.8. The molecule has 1 aliphatic rings. The molecule has 2 rings (SSSR count). The van der Waals surface area contributed by atoms with Gasteiger partial charge in [-0.2, -0.15) is 0 Å². The van der Waals surface area contributed by atoms with Gasteiger partial charge in [0.05, 0.1) is 17.5 Å². The monoisotopic (exact) mass is 638 g/mol. The second-order valence-corrected chi connectivity index (χ2v) is 13.8. The average Bonchev–Trinajstić information content (AvgIpc) is 3.00. The molecule has 10 nitrogen and oxygen atoms in total. The zero-order valence-corrected chi connectivity index (χ0v) is 29.5. The number of amides is 3. The van der Waals surface area contributed by atoms with Crippen molar-refractivity contribution >= 4 is 37.2 Å². The van der Waals surface area contributed by atoms with E-state index in [1.807, 2.05) is 58.9 Å². The van der Waals surface area contributed by atoms with Crippen molar-refractivity contribution in [3.05, 3.63) is 35.4 Å². The minimum Gasteiger partial charge on any atom is -0.444 e. The third kappa shape index (κ3) is 8.99. The van der Waals surface area contributed by atoms with Crippen LogP contribution in [0.1, 0.15) is 117 Å². The lowest BCUT2D eigenvalue weighted by Crippen LogP contribution is -2.78. The van der Waals surface area contributed by atoms with Crippen molar-refractivity contribution in [2.75, 3.05) is 6.54 Å². The van der Waals surface area contributed by atoms with Gasteiger partial charge in [0, 0.05) is 18.2 Å². The summed E-state index contributed by atoms with van der Waals surface area (Å²) in [6, 6.07) is 5.76. The van der Waals surface area contributed by atoms with Crippen molar-refractivity contribution in [2.45, 2.75) is 143 Å². The van der Waals surface area contributed by atoms with E-state index in [1.54, 1.807) is 32.6 Å². The van der Waals surface area contributed by atoms with E-state index in [9.17, 15) is 24.0 Å². The van der Waals surface area contributed by atoms with E-state index in [-0.39, 0.29) is 24.0 Å². The molecule has 0 aliphatic carbocycles. The Balaban J connectivity index is 2.37. The highest BCUT2D eigenvalue weighted by Crippen LogP contribution is 2.38. The number of rotatable bonds is 17. The quantitative estimate of drug-likeness (QED) is 0.123. The van der Waals surface area contributed by atoms with Crippen LogP contribution in [0.3, 0.4) is 0 Å². The standard InChI is InChI=1S/C35H55BN4O6/c1-11-15-16-24-17-19-25(20-18-24)28(41)34(10,12-2)39-22(5)26(21-37-31(36)44)29(42)35(13-3,14-4)40-23(6)27(30(40)43)38-32(45)46-33(7,8)9/h17-20,22-23,26-27,39H,11-16,21H2,1-10H3,(H,37,44)(H,38,45)/t22-,23-,26-,27-,34?/m1/s1. The molecule has 254 valence electrons. The topological polar surface area (TPSA) is 134 Å². The van der Waals surface area contributed by atoms with Gasteiger partial charge in [0.25, 0.3) is 0 Å². The van der Waals surface area contributed by atoms with Gasteiger partial charge >= 0.3 is 6.09 Å². The van der Waals surface area contributed by atoms with Crippen molar-refractivity contribution in [1.82, 2.24) is 20.9 Å². The lowest BCUT2D eigenvalue weighted by atomic mass is 9.73. The van der Waals surface area contributed by atoms with E-state index in [0.717, 1.165) is 19.3 Å². The maximum absolute atomic E-state index is 14.6. The SMILES string of the molecule is [B]C(=O)NC[C@@H](C(=O)C(CC)(CC)N1C(=O)[C@H](NC(=O)OC(C)(C)C)[C@H]1C)[C@@H](C)NC(C)(CC)C(=O)c1ccc(CCCC)cc1. The maximum atomic E-state index is 14.6. The summed E-state index contributed by atoms with van der Waals surface area (Å²) in [5, 5.41) is 8.66. The van der Waals surface area contributed by atoms with Crippen molar-refractivity contribution < 1.29 is 28.7 Å². The number of benzene rings is 1. The predicted octanol–water partition coefficient (Wildman–Crippen LogP) is 5.10. The highest BCUT2D eigenvalue weighted by atomic mass is 16.6. The van der Waals surface area contributed by atoms with Gasteiger partial charge in [0.2, 0.25) is 5.91 Å². The maximum Gasteiger partial charge on any atom is 0.408 e. The number of nitrogens with one attached hydrogen (secondary N) is 3. The minimum absolute atomic E-state index is 0.0831. The van der Waals surface area contributed by atoms with E-state index in [4.69, 9.17) is 12.6 Å². The highest BCUT2D eigenvalue weighted by Gasteiger charge is 2.58. The zero-order chi connectivity index (χ0) is 35.0. The molecule has 1 unspecified atom stereocenters. The minimum atomic E-state index is -1.22. The largest absolute Gasteiger partial charge is 0.444 e. The fourth-order valence-corrected chi connectivity index (χ4v) is 6.40. The third-order valence-electron chi connectivity index (χ3n) is 9.38. The normalized spacial score (nSPS) is 19.3. The van der Waals surface area contributed by atoms with E-state index in [1.165, 1.54) is 5.56 Å². The van der Waals surface area contributed by atoms with Crippen LogP contribution in [0, 0.1) is 5.92 Å². The summed E-state index contributed by atoms with van der Waals surface area (Å²) in [6.07, 6.45) is 3.49. The van der Waals surface area contributed by atoms with Crippen LogP contribution in [0.5, 0.6) is 0 Å². The summed E-state index contributed by atoms with van der Waals surface area (Å²) in [7, 11) is 5.43. The molecule has 11 heteroatoms. The van der Waals surface area contributed by atoms with Gasteiger partial charge in [-0.1, -0.05) is 58.4 Å². The Bertz CT molecular complexity index is 1240. The average molecular weight is 639 g/mol. The summed E-state index contributed by atoms with van der Waals surface area (Å²) in [4.78, 5) is 67.9. The van der Waals surface area contributed by atoms with Crippen LogP contribution >= 0.6 is 0 Å². The first-order valence-corrected chi connectivity index (χ1v) is 16.7. The molecule has 0 saturated carbocycles. The smallest absolute Gasteiger partial charge is 0.408 e. The molecule has 1 aromatic rings. The molecule has 46 heavy (non-hydrogen) atoms. The fraction of sp³-hybridized carbons (Fsp3) is 0.686. The molecular formula is C35H55BN4O6. The Labute approximate surface area is 276 Å². The van der Waals surface area contributed by atoms with Gasteiger partial charge in [0.1, 0.15) is 17.2 Å². The Morgan fingerprint density at radius 1 is 0.978 bits per heavy atom. The number of ether oxygens (including phenoxy) is 1. The van der Waals surface area contributed by atoms with E-state index >= 15 is 0 Å². The van der Waals surface area contributed by atoms with Gasteiger partial charge in [-0.3, -0.25) is 19.2 Å². The predicted molar refractivity (Wildman–Crippen MR) is 181 cm³/mol. The van der Waals surface area contributed by atoms with Gasteiger partial charge in [-0.15, -0.1) is 0 Å². The number of hydrogen-bond donors (Lipinski definition) is 3. The van der Waals surface area contributed by atoms with Crippen LogP contribution in [-0.2, 0) is 20.7 Å². The number of aryl methyl sites for hydroxylation is 1. The van der Waals surface area contributed by atoms with Crippen LogP contribution in [0.25, 0.3) is 0 Å². The Hall–Kier alpha value is -3.21. The molecule has 1 heterocycles. The highest BCUT2D eigenvalue weighted by molar-refractivity contribution is 6.57. The summed E-state index contributed by atoms with van der Waals surface area (Å²) < 4.78 is 5.34. The van der Waals surface area contributed by atoms with Crippen molar-refractivity contribution in [3.63, 3.8) is 0 Å². The lowest BCUT2D eigenvalue weighted by molar-refractivity contribution is -0.170. The molecule has 3 amide bonds. The van der Waals surface area contributed by atoms with Crippen LogP contribution in [-0.4, -0.2) is 83.5 Å². The number of hydrogen-bond acceptors (Lipinski definition) is 7. The van der Waals surface area contributed by atoms with Crippen LogP contribution in [0.15, 0.2) is 24.3 Å². The lowest BCUT2D eigenvalue weighted by Gasteiger charge is -2.56. The summed E-state index contributed by atoms with van der Waals surface area (Å²) >= 11 is 0. The first-order valence-electron chi connectivity index (χ1n) is 16.7. The Kier molecular flexibility index (Phi) is 13.6. The number of Topliss-reactive ketones (excluding diaryl/α,β-unsaturated/α-hetero) is 2. The van der Waals surface area contributed by atoms with E-state index in [2.05, 4.69) is 22.9 Å². The number of alkyl carbamates (subject to hydrolysis) is 1. The van der Waals surface area contributed by atoms with Gasteiger partial charge in [0.15, 0.2) is 25.2 Å². The van der Waals surface area contributed by atoms with Gasteiger partial charge in [-0.25, -0.2) is 4.79 Å². The number of carbonyl (C=O) groups excluding carboxylic acids is 5. The molecule has 1 aliphatic heterocycles. The molecule has 0 aromatic heterocycles. The van der Waals surface area contributed by atoms with E-state index < -0.39 is 52.6 Å². The molecule has 1 fully saturated rings. The number of β-lactam (4-membered cyclic amide) rings is 1. The Morgan fingerprint density at radius 3 is 2.02 bits per heavy atom. The Morgan fingerprint density at radius 2 is 1.57 bits per heavy atom. The molecule has 1 saturated heterocycles. The molecule has 0 bridgehead atoms. The summed E-state index contributed by atoms with van der Waals surface area (Å²) in [5.74, 6) is -2.35. The van der Waals surface area contributed by atoms with Crippen LogP contribution < -0.4 is 16.0 Å². The van der Waals surface area contributed by atoms with Crippen molar-refractivity contribution in [1.29, 1.82) is 0 Å². The number of carbonyl (C=O) groups is 5. The molecule has 3 N–H and O–H groups in total. The fourth-order valence-electron chi connectivity index (χ4n) is 6.40. The second kappa shape index (κ2) is 16.1. The first-order chi connectivity index (χ1) is 21.4. The first kappa shape index (κ1) is 39.0. The molecule has 5 atom stereocenters. The number of likely N-dealkylation sites (tertiary alicyclic amines) is 1. The molecule has 2 radical (unpaired) electrons. The molecular weight excluding hydrogens is 583 g/mol. The summed E-state index contributed by atoms with van der Waals surface area (Å²) in [5.41, 5.74) is -1.22. The van der Waals surface area contributed by atoms with Crippen molar-refractivity contribution in [3.8, 4) is 0 Å². The number of nitrogens with zero attached hydrogens (tertiary/aromatic N) is 1. The van der Waals surface area contributed by atoms with Gasteiger partial charge < -0.3 is 25.6 Å². The number of unbranched alkanes of at least 4 members (excludes halogenated alkanes) is 1. The molecule has 1 aromatic carbocycles. The van der Waals surface area contributed by atoms with Gasteiger partial charge in [-0.05, 0) is 79.2 Å². The van der Waals surface area contributed by atoms with Crippen LogP contribution in [0.2, 0.25) is 0 Å². The third-order valence-corrected chi connectivity index (χ3v) is 9.38. The molecule has 0 spiro atoms. The van der Waals surface area contributed by atoms with Crippen molar-refractivity contribution in [2.24, 2.45) is 5.92 Å². The van der Waals surface area contributed by atoms with Crippen LogP contribution in [0.4, 0.5) is 9.59 Å². The zero-order valence-electron chi connectivity index (χ0n) is 29.5. The number of ketones is 2. The van der Waals surface area contributed by atoms with E-state index in [0.29, 0.717) is 24.8 Å².